The Kier molecular flexibility index (Phi) is 5.30. The fourth-order valence-electron chi connectivity index (χ4n) is 2.44. The van der Waals surface area contributed by atoms with Gasteiger partial charge in [0.1, 0.15) is 6.04 Å². The molecule has 112 valence electrons. The summed E-state index contributed by atoms with van der Waals surface area (Å²) in [5.74, 6) is -0.636. The first-order valence-electron chi connectivity index (χ1n) is 6.73. The van der Waals surface area contributed by atoms with E-state index in [0.29, 0.717) is 13.1 Å². The molecule has 0 aliphatic carbocycles. The molecule has 3 amide bonds. The van der Waals surface area contributed by atoms with E-state index in [1.807, 2.05) is 13.8 Å². The molecule has 6 nitrogen and oxygen atoms in total. The van der Waals surface area contributed by atoms with E-state index in [9.17, 15) is 14.4 Å². The first kappa shape index (κ1) is 16.2. The summed E-state index contributed by atoms with van der Waals surface area (Å²) in [6.07, 6.45) is 1.24. The fourth-order valence-corrected chi connectivity index (χ4v) is 2.44. The van der Waals surface area contributed by atoms with Crippen molar-refractivity contribution >= 4 is 17.7 Å². The van der Waals surface area contributed by atoms with E-state index < -0.39 is 6.04 Å². The molecule has 0 saturated carbocycles. The van der Waals surface area contributed by atoms with Crippen molar-refractivity contribution in [3.8, 4) is 0 Å². The molecule has 1 atom stereocenters. The molecular weight excluding hydrogens is 258 g/mol. The molecule has 1 aliphatic heterocycles. The number of rotatable bonds is 5. The van der Waals surface area contributed by atoms with Crippen LogP contribution in [-0.2, 0) is 14.4 Å². The number of amides is 3. The first-order valence-corrected chi connectivity index (χ1v) is 6.73. The van der Waals surface area contributed by atoms with Gasteiger partial charge in [-0.3, -0.25) is 14.4 Å². The summed E-state index contributed by atoms with van der Waals surface area (Å²) in [5, 5.41) is 2.58. The van der Waals surface area contributed by atoms with Gasteiger partial charge in [0.15, 0.2) is 0 Å². The smallest absolute Gasteiger partial charge is 0.246 e. The molecule has 0 aromatic heterocycles. The second-order valence-electron chi connectivity index (χ2n) is 5.40. The molecule has 1 saturated heterocycles. The third kappa shape index (κ3) is 3.18. The standard InChI is InChI=1S/C14H23N3O3/c1-6-11(18)17-7-10(8-17)14(20)16(5)12(9(2)3)13(19)15-4/h6,9-10,12H,1,7-8H2,2-5H3,(H,15,19)/t12-/m0/s1. The third-order valence-corrected chi connectivity index (χ3v) is 3.63. The van der Waals surface area contributed by atoms with Crippen LogP contribution in [0.5, 0.6) is 0 Å². The predicted octanol–water partition coefficient (Wildman–Crippen LogP) is -0.140. The van der Waals surface area contributed by atoms with E-state index in [-0.39, 0.29) is 29.6 Å². The summed E-state index contributed by atoms with van der Waals surface area (Å²) in [5.41, 5.74) is 0. The van der Waals surface area contributed by atoms with Crippen LogP contribution in [0, 0.1) is 11.8 Å². The molecule has 6 heteroatoms. The second-order valence-corrected chi connectivity index (χ2v) is 5.40. The molecule has 1 heterocycles. The minimum atomic E-state index is -0.489. The highest BCUT2D eigenvalue weighted by Crippen LogP contribution is 2.21. The summed E-state index contributed by atoms with van der Waals surface area (Å²) >= 11 is 0. The summed E-state index contributed by atoms with van der Waals surface area (Å²) in [4.78, 5) is 38.6. The van der Waals surface area contributed by atoms with Crippen LogP contribution in [0.3, 0.4) is 0 Å². The lowest BCUT2D eigenvalue weighted by atomic mass is 9.95. The van der Waals surface area contributed by atoms with Crippen LogP contribution in [0.15, 0.2) is 12.7 Å². The van der Waals surface area contributed by atoms with E-state index >= 15 is 0 Å². The van der Waals surface area contributed by atoms with Crippen LogP contribution < -0.4 is 5.32 Å². The van der Waals surface area contributed by atoms with Crippen LogP contribution >= 0.6 is 0 Å². The normalized spacial score (nSPS) is 16.4. The number of carbonyl (C=O) groups excluding carboxylic acids is 3. The van der Waals surface area contributed by atoms with Gasteiger partial charge in [-0.25, -0.2) is 0 Å². The zero-order valence-corrected chi connectivity index (χ0v) is 12.5. The van der Waals surface area contributed by atoms with Crippen LogP contribution in [0.25, 0.3) is 0 Å². The molecule has 0 radical (unpaired) electrons. The highest BCUT2D eigenvalue weighted by molar-refractivity contribution is 5.92. The van der Waals surface area contributed by atoms with Crippen LogP contribution in [0.1, 0.15) is 13.8 Å². The minimum Gasteiger partial charge on any atom is -0.357 e. The molecule has 0 unspecified atom stereocenters. The van der Waals surface area contributed by atoms with Gasteiger partial charge in [-0.05, 0) is 12.0 Å². The Labute approximate surface area is 119 Å². The van der Waals surface area contributed by atoms with Crippen molar-refractivity contribution in [1.82, 2.24) is 15.1 Å². The summed E-state index contributed by atoms with van der Waals surface area (Å²) in [6, 6.07) is -0.489. The molecule has 1 aliphatic rings. The van der Waals surface area contributed by atoms with Gasteiger partial charge in [-0.15, -0.1) is 0 Å². The molecule has 1 fully saturated rings. The number of hydrogen-bond acceptors (Lipinski definition) is 3. The van der Waals surface area contributed by atoms with Crippen LogP contribution in [0.2, 0.25) is 0 Å². The zero-order valence-electron chi connectivity index (χ0n) is 12.5. The molecule has 1 N–H and O–H groups in total. The maximum Gasteiger partial charge on any atom is 0.246 e. The number of likely N-dealkylation sites (N-methyl/N-ethyl adjacent to an activating group) is 2. The highest BCUT2D eigenvalue weighted by Gasteiger charge is 2.39. The van der Waals surface area contributed by atoms with Gasteiger partial charge in [-0.1, -0.05) is 20.4 Å². The van der Waals surface area contributed by atoms with Gasteiger partial charge in [-0.2, -0.15) is 0 Å². The summed E-state index contributed by atoms with van der Waals surface area (Å²) < 4.78 is 0. The van der Waals surface area contributed by atoms with Crippen molar-refractivity contribution in [3.05, 3.63) is 12.7 Å². The molecule has 0 aromatic rings. The van der Waals surface area contributed by atoms with Crippen molar-refractivity contribution in [1.29, 1.82) is 0 Å². The van der Waals surface area contributed by atoms with Gasteiger partial charge in [0.2, 0.25) is 17.7 Å². The number of likely N-dealkylation sites (tertiary alicyclic amines) is 1. The SMILES string of the molecule is C=CC(=O)N1CC(C(=O)N(C)[C@H](C(=O)NC)C(C)C)C1. The van der Waals surface area contributed by atoms with Crippen molar-refractivity contribution in [2.24, 2.45) is 11.8 Å². The van der Waals surface area contributed by atoms with Crippen LogP contribution in [0.4, 0.5) is 0 Å². The molecular formula is C14H23N3O3. The Morgan fingerprint density at radius 3 is 2.30 bits per heavy atom. The Morgan fingerprint density at radius 1 is 1.35 bits per heavy atom. The van der Waals surface area contributed by atoms with Gasteiger partial charge < -0.3 is 15.1 Å². The van der Waals surface area contributed by atoms with E-state index in [4.69, 9.17) is 0 Å². The lowest BCUT2D eigenvalue weighted by Crippen LogP contribution is -2.59. The molecule has 0 aromatic carbocycles. The Morgan fingerprint density at radius 2 is 1.90 bits per heavy atom. The molecule has 0 spiro atoms. The lowest BCUT2D eigenvalue weighted by Gasteiger charge is -2.41. The number of carbonyl (C=O) groups is 3. The van der Waals surface area contributed by atoms with E-state index in [2.05, 4.69) is 11.9 Å². The largest absolute Gasteiger partial charge is 0.357 e. The molecule has 1 rings (SSSR count). The average Bonchev–Trinajstić information content (AvgIpc) is 2.35. The van der Waals surface area contributed by atoms with Gasteiger partial charge >= 0.3 is 0 Å². The van der Waals surface area contributed by atoms with Crippen molar-refractivity contribution in [3.63, 3.8) is 0 Å². The summed E-state index contributed by atoms with van der Waals surface area (Å²) in [6.45, 7) is 8.01. The lowest BCUT2D eigenvalue weighted by molar-refractivity contribution is -0.150. The maximum absolute atomic E-state index is 12.3. The summed E-state index contributed by atoms with van der Waals surface area (Å²) in [7, 11) is 3.20. The fraction of sp³-hybridized carbons (Fsp3) is 0.643. The predicted molar refractivity (Wildman–Crippen MR) is 75.7 cm³/mol. The number of nitrogens with zero attached hydrogens (tertiary/aromatic N) is 2. The van der Waals surface area contributed by atoms with Gasteiger partial charge in [0.05, 0.1) is 5.92 Å². The van der Waals surface area contributed by atoms with Crippen molar-refractivity contribution in [2.45, 2.75) is 19.9 Å². The Balaban J connectivity index is 2.65. The third-order valence-electron chi connectivity index (χ3n) is 3.63. The molecule has 20 heavy (non-hydrogen) atoms. The number of hydrogen-bond donors (Lipinski definition) is 1. The van der Waals surface area contributed by atoms with E-state index in [1.54, 1.807) is 19.0 Å². The first-order chi connectivity index (χ1) is 9.33. The minimum absolute atomic E-state index is 0.0230. The average molecular weight is 281 g/mol. The maximum atomic E-state index is 12.3. The quantitative estimate of drug-likeness (QED) is 0.713. The zero-order chi connectivity index (χ0) is 15.4. The van der Waals surface area contributed by atoms with Crippen LogP contribution in [-0.4, -0.2) is 60.7 Å². The highest BCUT2D eigenvalue weighted by atomic mass is 16.2. The molecule has 0 bridgehead atoms. The second kappa shape index (κ2) is 6.54. The van der Waals surface area contributed by atoms with Crippen molar-refractivity contribution < 1.29 is 14.4 Å². The Hall–Kier alpha value is -1.85. The Bertz CT molecular complexity index is 414. The van der Waals surface area contributed by atoms with E-state index in [0.717, 1.165) is 0 Å². The monoisotopic (exact) mass is 281 g/mol. The topological polar surface area (TPSA) is 69.7 Å². The van der Waals surface area contributed by atoms with Gasteiger partial charge in [0.25, 0.3) is 0 Å². The van der Waals surface area contributed by atoms with Gasteiger partial charge in [0, 0.05) is 27.2 Å². The van der Waals surface area contributed by atoms with E-state index in [1.165, 1.54) is 11.0 Å². The van der Waals surface area contributed by atoms with Crippen molar-refractivity contribution in [2.75, 3.05) is 27.2 Å². The number of nitrogens with one attached hydrogen (secondary N) is 1.